The second-order valence-corrected chi connectivity index (χ2v) is 5.41. The van der Waals surface area contributed by atoms with Gasteiger partial charge in [0, 0.05) is 13.2 Å². The minimum absolute atomic E-state index is 0.0315. The van der Waals surface area contributed by atoms with E-state index >= 15 is 0 Å². The molecule has 2 aromatic rings. The van der Waals surface area contributed by atoms with Crippen molar-refractivity contribution in [1.29, 1.82) is 0 Å². The van der Waals surface area contributed by atoms with Crippen LogP contribution in [0.5, 0.6) is 0 Å². The summed E-state index contributed by atoms with van der Waals surface area (Å²) in [5.74, 6) is -1.15. The quantitative estimate of drug-likeness (QED) is 0.683. The Bertz CT molecular complexity index is 757. The van der Waals surface area contributed by atoms with Gasteiger partial charge in [0.05, 0.1) is 22.6 Å². The van der Waals surface area contributed by atoms with Gasteiger partial charge in [0.15, 0.2) is 6.10 Å². The Labute approximate surface area is 138 Å². The van der Waals surface area contributed by atoms with Crippen LogP contribution in [0.3, 0.4) is 0 Å². The zero-order valence-corrected chi connectivity index (χ0v) is 14.0. The fourth-order valence-electron chi connectivity index (χ4n) is 2.00. The van der Waals surface area contributed by atoms with Gasteiger partial charge in [-0.2, -0.15) is 5.10 Å². The number of anilines is 1. The maximum absolute atomic E-state index is 12.2. The van der Waals surface area contributed by atoms with Crippen molar-refractivity contribution < 1.29 is 14.3 Å². The third-order valence-electron chi connectivity index (χ3n) is 3.39. The predicted octanol–water partition coefficient (Wildman–Crippen LogP) is 2.27. The fraction of sp³-hybridized carbons (Fsp3) is 0.333. The number of carbonyl (C=O) groups excluding carboxylic acids is 2. The van der Waals surface area contributed by atoms with Gasteiger partial charge in [-0.25, -0.2) is 9.78 Å². The Morgan fingerprint density at radius 3 is 2.65 bits per heavy atom. The van der Waals surface area contributed by atoms with Crippen LogP contribution >= 0.6 is 11.6 Å². The molecule has 0 aliphatic rings. The molecule has 2 aromatic heterocycles. The third kappa shape index (κ3) is 3.68. The highest BCUT2D eigenvalue weighted by Gasteiger charge is 2.22. The van der Waals surface area contributed by atoms with E-state index in [2.05, 4.69) is 15.4 Å². The molecule has 1 atom stereocenters. The molecule has 0 spiro atoms. The minimum Gasteiger partial charge on any atom is -0.449 e. The monoisotopic (exact) mass is 336 g/mol. The van der Waals surface area contributed by atoms with Gasteiger partial charge in [-0.15, -0.1) is 0 Å². The van der Waals surface area contributed by atoms with E-state index < -0.39 is 18.0 Å². The molecule has 2 rings (SSSR count). The standard InChI is InChI=1S/C15H17ClN4O3/c1-8-12(9(2)20(4)19-8)18-14(21)10(3)23-15(22)11-6-5-7-17-13(11)16/h5-7,10H,1-4H3,(H,18,21)/t10-/m1/s1. The Hall–Kier alpha value is -2.41. The molecule has 1 amide bonds. The number of amides is 1. The number of ether oxygens (including phenoxy) is 1. The van der Waals surface area contributed by atoms with Crippen LogP contribution in [-0.4, -0.2) is 32.7 Å². The highest BCUT2D eigenvalue weighted by Crippen LogP contribution is 2.19. The van der Waals surface area contributed by atoms with E-state index in [9.17, 15) is 9.59 Å². The van der Waals surface area contributed by atoms with Crippen LogP contribution in [0.4, 0.5) is 5.69 Å². The lowest BCUT2D eigenvalue weighted by Crippen LogP contribution is -2.30. The summed E-state index contributed by atoms with van der Waals surface area (Å²) < 4.78 is 6.80. The number of halogens is 1. The second kappa shape index (κ2) is 6.78. The summed E-state index contributed by atoms with van der Waals surface area (Å²) in [5, 5.41) is 6.97. The summed E-state index contributed by atoms with van der Waals surface area (Å²) in [7, 11) is 1.78. The zero-order valence-electron chi connectivity index (χ0n) is 13.3. The van der Waals surface area contributed by atoms with Gasteiger partial charge < -0.3 is 10.1 Å². The molecule has 23 heavy (non-hydrogen) atoms. The van der Waals surface area contributed by atoms with Gasteiger partial charge in [0.2, 0.25) is 0 Å². The van der Waals surface area contributed by atoms with Gasteiger partial charge in [-0.1, -0.05) is 11.6 Å². The molecular weight excluding hydrogens is 320 g/mol. The van der Waals surface area contributed by atoms with Gasteiger partial charge in [0.25, 0.3) is 5.91 Å². The molecule has 0 aromatic carbocycles. The largest absolute Gasteiger partial charge is 0.449 e. The molecule has 8 heteroatoms. The van der Waals surface area contributed by atoms with Gasteiger partial charge in [0.1, 0.15) is 5.15 Å². The Kier molecular flexibility index (Phi) is 5.00. The van der Waals surface area contributed by atoms with Crippen LogP contribution in [0.2, 0.25) is 5.15 Å². The molecule has 0 fully saturated rings. The average molecular weight is 337 g/mol. The van der Waals surface area contributed by atoms with Crippen LogP contribution in [0.1, 0.15) is 28.7 Å². The van der Waals surface area contributed by atoms with Crippen molar-refractivity contribution >= 4 is 29.2 Å². The normalized spacial score (nSPS) is 11.9. The number of hydrogen-bond donors (Lipinski definition) is 1. The lowest BCUT2D eigenvalue weighted by molar-refractivity contribution is -0.123. The molecular formula is C15H17ClN4O3. The van der Waals surface area contributed by atoms with Crippen molar-refractivity contribution in [2.24, 2.45) is 7.05 Å². The number of carbonyl (C=O) groups is 2. The van der Waals surface area contributed by atoms with Crippen LogP contribution < -0.4 is 5.32 Å². The van der Waals surface area contributed by atoms with E-state index in [-0.39, 0.29) is 10.7 Å². The first kappa shape index (κ1) is 17.0. The van der Waals surface area contributed by atoms with Crippen LogP contribution in [-0.2, 0) is 16.6 Å². The van der Waals surface area contributed by atoms with E-state index in [1.165, 1.54) is 19.2 Å². The van der Waals surface area contributed by atoms with Crippen molar-refractivity contribution in [3.63, 3.8) is 0 Å². The second-order valence-electron chi connectivity index (χ2n) is 5.05. The molecule has 0 aliphatic heterocycles. The molecule has 1 N–H and O–H groups in total. The number of nitrogens with zero attached hydrogens (tertiary/aromatic N) is 3. The summed E-state index contributed by atoms with van der Waals surface area (Å²) in [6.45, 7) is 5.11. The van der Waals surface area contributed by atoms with Crippen LogP contribution in [0.15, 0.2) is 18.3 Å². The maximum Gasteiger partial charge on any atom is 0.342 e. The predicted molar refractivity (Wildman–Crippen MR) is 85.4 cm³/mol. The number of hydrogen-bond acceptors (Lipinski definition) is 5. The highest BCUT2D eigenvalue weighted by atomic mass is 35.5. The minimum atomic E-state index is -0.988. The number of nitrogens with one attached hydrogen (secondary N) is 1. The van der Waals surface area contributed by atoms with Gasteiger partial charge in [-0.05, 0) is 32.9 Å². The number of esters is 1. The SMILES string of the molecule is Cc1nn(C)c(C)c1NC(=O)[C@@H](C)OC(=O)c1cccnc1Cl. The van der Waals surface area contributed by atoms with Crippen LogP contribution in [0.25, 0.3) is 0 Å². The summed E-state index contributed by atoms with van der Waals surface area (Å²) in [5.41, 5.74) is 2.22. The lowest BCUT2D eigenvalue weighted by Gasteiger charge is -2.14. The molecule has 0 bridgehead atoms. The summed E-state index contributed by atoms with van der Waals surface area (Å²) in [6.07, 6.45) is 0.473. The Morgan fingerprint density at radius 2 is 2.09 bits per heavy atom. The van der Waals surface area contributed by atoms with E-state index in [1.54, 1.807) is 24.7 Å². The van der Waals surface area contributed by atoms with Crippen molar-refractivity contribution in [3.8, 4) is 0 Å². The Balaban J connectivity index is 2.06. The lowest BCUT2D eigenvalue weighted by atomic mass is 10.2. The fourth-order valence-corrected chi connectivity index (χ4v) is 2.19. The first-order valence-corrected chi connectivity index (χ1v) is 7.31. The number of aryl methyl sites for hydroxylation is 2. The summed E-state index contributed by atoms with van der Waals surface area (Å²) >= 11 is 5.83. The number of rotatable bonds is 4. The van der Waals surface area contributed by atoms with E-state index in [0.29, 0.717) is 11.4 Å². The molecule has 2 heterocycles. The molecule has 0 aliphatic carbocycles. The van der Waals surface area contributed by atoms with E-state index in [1.807, 2.05) is 6.92 Å². The van der Waals surface area contributed by atoms with Gasteiger partial charge >= 0.3 is 5.97 Å². The van der Waals surface area contributed by atoms with Crippen LogP contribution in [0, 0.1) is 13.8 Å². The third-order valence-corrected chi connectivity index (χ3v) is 3.69. The molecule has 0 radical (unpaired) electrons. The molecule has 0 saturated heterocycles. The van der Waals surface area contributed by atoms with Crippen molar-refractivity contribution in [2.75, 3.05) is 5.32 Å². The van der Waals surface area contributed by atoms with Gasteiger partial charge in [-0.3, -0.25) is 9.48 Å². The van der Waals surface area contributed by atoms with E-state index in [4.69, 9.17) is 16.3 Å². The molecule has 0 saturated carbocycles. The first-order chi connectivity index (χ1) is 10.8. The molecule has 7 nitrogen and oxygen atoms in total. The maximum atomic E-state index is 12.2. The number of pyridine rings is 1. The van der Waals surface area contributed by atoms with Crippen molar-refractivity contribution in [1.82, 2.24) is 14.8 Å². The molecule has 122 valence electrons. The van der Waals surface area contributed by atoms with Crippen molar-refractivity contribution in [3.05, 3.63) is 40.4 Å². The topological polar surface area (TPSA) is 86.1 Å². The smallest absolute Gasteiger partial charge is 0.342 e. The average Bonchev–Trinajstić information content (AvgIpc) is 2.73. The first-order valence-electron chi connectivity index (χ1n) is 6.93. The summed E-state index contributed by atoms with van der Waals surface area (Å²) in [6, 6.07) is 3.05. The summed E-state index contributed by atoms with van der Waals surface area (Å²) in [4.78, 5) is 28.0. The molecule has 0 unspecified atom stereocenters. The Morgan fingerprint density at radius 1 is 1.39 bits per heavy atom. The highest BCUT2D eigenvalue weighted by molar-refractivity contribution is 6.32. The van der Waals surface area contributed by atoms with Crippen molar-refractivity contribution in [2.45, 2.75) is 26.9 Å². The van der Waals surface area contributed by atoms with E-state index in [0.717, 1.165) is 5.69 Å². The zero-order chi connectivity index (χ0) is 17.1. The number of aromatic nitrogens is 3.